The summed E-state index contributed by atoms with van der Waals surface area (Å²) in [4.78, 5) is 11.6. The number of allylic oxidation sites excluding steroid dienone is 2. The largest absolute Gasteiger partial charge is 0.491 e. The van der Waals surface area contributed by atoms with E-state index in [9.17, 15) is 28.9 Å². The van der Waals surface area contributed by atoms with Crippen molar-refractivity contribution in [2.45, 2.75) is 76.0 Å². The molecule has 1 aromatic rings. The molecule has 0 saturated heterocycles. The molecule has 1 saturated carbocycles. The lowest BCUT2D eigenvalue weighted by atomic mass is 9.89. The number of aliphatic hydroxyl groups is 3. The summed E-state index contributed by atoms with van der Waals surface area (Å²) >= 11 is 0. The van der Waals surface area contributed by atoms with Crippen molar-refractivity contribution in [3.8, 4) is 5.75 Å². The quantitative estimate of drug-likeness (QED) is 0.157. The van der Waals surface area contributed by atoms with Gasteiger partial charge in [0, 0.05) is 24.3 Å². The van der Waals surface area contributed by atoms with Gasteiger partial charge in [0.1, 0.15) is 18.5 Å². The van der Waals surface area contributed by atoms with Crippen molar-refractivity contribution >= 4 is 15.2 Å². The van der Waals surface area contributed by atoms with Crippen LogP contribution in [0.4, 0.5) is 8.78 Å². The highest BCUT2D eigenvalue weighted by Crippen LogP contribution is 2.37. The Kier molecular flexibility index (Phi) is 11.8. The molecule has 3 N–H and O–H groups in total. The maximum Gasteiger partial charge on any atom is 0.306 e. The molecule has 196 valence electrons. The Bertz CT molecular complexity index is 854. The van der Waals surface area contributed by atoms with Gasteiger partial charge in [0.15, 0.2) is 0 Å². The van der Waals surface area contributed by atoms with E-state index >= 15 is 0 Å². The zero-order valence-electron chi connectivity index (χ0n) is 20.2. The number of esters is 1. The Labute approximate surface area is 208 Å². The second-order valence-electron chi connectivity index (χ2n) is 9.16. The molecule has 0 bridgehead atoms. The average Bonchev–Trinajstić information content (AvgIpc) is 3.04. The van der Waals surface area contributed by atoms with Crippen LogP contribution in [0.5, 0.6) is 5.75 Å². The molecule has 0 heterocycles. The van der Waals surface area contributed by atoms with Crippen LogP contribution in [0.3, 0.4) is 0 Å². The number of hydrogen-bond donors (Lipinski definition) is 3. The number of halogens is 2. The first-order valence-corrected chi connectivity index (χ1v) is 12.5. The molecule has 0 aliphatic heterocycles. The van der Waals surface area contributed by atoms with E-state index < -0.39 is 24.0 Å². The van der Waals surface area contributed by atoms with E-state index in [2.05, 4.69) is 0 Å². The summed E-state index contributed by atoms with van der Waals surface area (Å²) in [5, 5.41) is 31.0. The SMILES string of the molecule is CC(C)OC(=O)CCC/C=C\C[C@@H]1C(/C=C/[C@@H](O)COc2cccc(C(F)(F)P)c2)[C@H](O)C[C@@H]1O. The summed E-state index contributed by atoms with van der Waals surface area (Å²) in [6, 6.07) is 5.49. The number of unbranched alkanes of at least 4 members (excludes halogenated alkanes) is 1. The van der Waals surface area contributed by atoms with Crippen molar-refractivity contribution in [1.29, 1.82) is 0 Å². The molecule has 0 spiro atoms. The molecule has 1 aromatic carbocycles. The van der Waals surface area contributed by atoms with Gasteiger partial charge in [-0.25, -0.2) is 0 Å². The van der Waals surface area contributed by atoms with Gasteiger partial charge in [0.2, 0.25) is 0 Å². The third-order valence-corrected chi connectivity index (χ3v) is 6.14. The predicted octanol–water partition coefficient (Wildman–Crippen LogP) is 4.33. The summed E-state index contributed by atoms with van der Waals surface area (Å²) < 4.78 is 37.4. The lowest BCUT2D eigenvalue weighted by Gasteiger charge is -2.20. The van der Waals surface area contributed by atoms with Crippen molar-refractivity contribution in [3.05, 3.63) is 54.1 Å². The minimum atomic E-state index is -3.07. The first kappa shape index (κ1) is 29.4. The van der Waals surface area contributed by atoms with Gasteiger partial charge in [0.25, 0.3) is 5.66 Å². The number of rotatable bonds is 13. The highest BCUT2D eigenvalue weighted by molar-refractivity contribution is 7.17. The normalized spacial score (nSPS) is 23.9. The van der Waals surface area contributed by atoms with Crippen molar-refractivity contribution in [1.82, 2.24) is 0 Å². The zero-order valence-corrected chi connectivity index (χ0v) is 21.4. The van der Waals surface area contributed by atoms with Gasteiger partial charge >= 0.3 is 5.97 Å². The lowest BCUT2D eigenvalue weighted by molar-refractivity contribution is -0.147. The summed E-state index contributed by atoms with van der Waals surface area (Å²) in [6.07, 6.45) is 7.06. The van der Waals surface area contributed by atoms with Crippen LogP contribution in [0.15, 0.2) is 48.6 Å². The van der Waals surface area contributed by atoms with Crippen LogP contribution in [0.1, 0.15) is 51.5 Å². The van der Waals surface area contributed by atoms with Crippen LogP contribution in [0.2, 0.25) is 0 Å². The maximum atomic E-state index is 13.4. The topological polar surface area (TPSA) is 96.2 Å². The first-order chi connectivity index (χ1) is 16.5. The fourth-order valence-electron chi connectivity index (χ4n) is 4.05. The second kappa shape index (κ2) is 14.0. The number of carbonyl (C=O) groups excluding carboxylic acids is 1. The number of alkyl halides is 2. The highest BCUT2D eigenvalue weighted by atomic mass is 31.0. The van der Waals surface area contributed by atoms with Gasteiger partial charge in [-0.15, -0.1) is 0 Å². The van der Waals surface area contributed by atoms with Gasteiger partial charge in [-0.1, -0.05) is 45.7 Å². The Morgan fingerprint density at radius 3 is 2.69 bits per heavy atom. The summed E-state index contributed by atoms with van der Waals surface area (Å²) in [6.45, 7) is 3.48. The molecule has 6 atom stereocenters. The number of benzene rings is 1. The van der Waals surface area contributed by atoms with E-state index in [1.165, 1.54) is 39.6 Å². The van der Waals surface area contributed by atoms with Gasteiger partial charge in [-0.3, -0.25) is 4.79 Å². The Balaban J connectivity index is 1.82. The lowest BCUT2D eigenvalue weighted by Crippen LogP contribution is -2.21. The molecule has 2 rings (SSSR count). The van der Waals surface area contributed by atoms with Crippen LogP contribution in [0, 0.1) is 11.8 Å². The monoisotopic (exact) mass is 514 g/mol. The van der Waals surface area contributed by atoms with Crippen LogP contribution in [-0.4, -0.2) is 52.3 Å². The minimum absolute atomic E-state index is 0.122. The number of ether oxygens (including phenoxy) is 2. The van der Waals surface area contributed by atoms with E-state index in [-0.39, 0.29) is 48.2 Å². The molecule has 2 unspecified atom stereocenters. The summed E-state index contributed by atoms with van der Waals surface area (Å²) in [5.41, 5.74) is -3.28. The second-order valence-corrected chi connectivity index (χ2v) is 9.89. The fourth-order valence-corrected chi connectivity index (χ4v) is 4.23. The molecular formula is C26H37F2O6P. The van der Waals surface area contributed by atoms with Gasteiger partial charge < -0.3 is 24.8 Å². The molecule has 1 aliphatic carbocycles. The van der Waals surface area contributed by atoms with E-state index in [0.717, 1.165) is 0 Å². The van der Waals surface area contributed by atoms with Crippen LogP contribution in [0.25, 0.3) is 0 Å². The molecule has 0 amide bonds. The molecule has 0 radical (unpaired) electrons. The molecule has 9 heteroatoms. The van der Waals surface area contributed by atoms with E-state index in [0.29, 0.717) is 25.7 Å². The molecule has 0 aromatic heterocycles. The van der Waals surface area contributed by atoms with Crippen LogP contribution < -0.4 is 4.74 Å². The number of aliphatic hydroxyl groups excluding tert-OH is 3. The Morgan fingerprint density at radius 1 is 1.26 bits per heavy atom. The van der Waals surface area contributed by atoms with Crippen molar-refractivity contribution < 1.29 is 38.4 Å². The number of carbonyl (C=O) groups is 1. The molecule has 1 fully saturated rings. The van der Waals surface area contributed by atoms with Gasteiger partial charge in [-0.05, 0) is 51.2 Å². The number of hydrogen-bond acceptors (Lipinski definition) is 6. The van der Waals surface area contributed by atoms with E-state index in [1.54, 1.807) is 6.08 Å². The fraction of sp³-hybridized carbons (Fsp3) is 0.577. The standard InChI is InChI=1S/C26H37F2O6P/c1-17(2)34-25(32)11-6-4-3-5-10-21-22(24(31)15-23(21)30)13-12-19(29)16-33-20-9-7-8-18(14-20)26(27,28)35/h3,5,7-9,12-14,17,19,21-24,29-31H,4,6,10-11,15-16,35H2,1-2H3/b5-3-,13-12+/t19-,21-,22?,23+,24-/m1/s1. The third kappa shape index (κ3) is 10.3. The Hall–Kier alpha value is -1.86. The van der Waals surface area contributed by atoms with Crippen molar-refractivity contribution in [3.63, 3.8) is 0 Å². The molecule has 6 nitrogen and oxygen atoms in total. The third-order valence-electron chi connectivity index (χ3n) is 5.80. The maximum absolute atomic E-state index is 13.4. The highest BCUT2D eigenvalue weighted by Gasteiger charge is 2.39. The van der Waals surface area contributed by atoms with Crippen LogP contribution in [-0.2, 0) is 15.2 Å². The molecule has 1 aliphatic rings. The van der Waals surface area contributed by atoms with E-state index in [1.807, 2.05) is 26.0 Å². The Morgan fingerprint density at radius 2 is 2.00 bits per heavy atom. The van der Waals surface area contributed by atoms with Gasteiger partial charge in [-0.2, -0.15) is 8.78 Å². The van der Waals surface area contributed by atoms with Crippen molar-refractivity contribution in [2.75, 3.05) is 6.61 Å². The summed E-state index contributed by atoms with van der Waals surface area (Å²) in [5.74, 6) is -0.554. The van der Waals surface area contributed by atoms with Gasteiger partial charge in [0.05, 0.1) is 18.3 Å². The van der Waals surface area contributed by atoms with E-state index in [4.69, 9.17) is 9.47 Å². The molecule has 35 heavy (non-hydrogen) atoms. The average molecular weight is 515 g/mol. The smallest absolute Gasteiger partial charge is 0.306 e. The van der Waals surface area contributed by atoms with Crippen molar-refractivity contribution in [2.24, 2.45) is 11.8 Å². The zero-order chi connectivity index (χ0) is 26.0. The summed E-state index contributed by atoms with van der Waals surface area (Å²) in [7, 11) is 1.47. The van der Waals surface area contributed by atoms with Crippen LogP contribution >= 0.6 is 9.24 Å². The molecular weight excluding hydrogens is 477 g/mol. The minimum Gasteiger partial charge on any atom is -0.491 e. The first-order valence-electron chi connectivity index (χ1n) is 11.9. The predicted molar refractivity (Wildman–Crippen MR) is 133 cm³/mol.